The average molecular weight is 422 g/mol. The summed E-state index contributed by atoms with van der Waals surface area (Å²) in [6, 6.07) is 17.7. The van der Waals surface area contributed by atoms with E-state index in [2.05, 4.69) is 4.98 Å². The zero-order chi connectivity index (χ0) is 20.9. The van der Waals surface area contributed by atoms with Crippen LogP contribution in [-0.2, 0) is 30.9 Å². The van der Waals surface area contributed by atoms with Crippen molar-refractivity contribution in [3.63, 3.8) is 0 Å². The molecule has 2 aromatic carbocycles. The van der Waals surface area contributed by atoms with E-state index < -0.39 is 6.09 Å². The second kappa shape index (κ2) is 9.17. The Morgan fingerprint density at radius 3 is 2.60 bits per heavy atom. The third-order valence-electron chi connectivity index (χ3n) is 5.16. The number of benzene rings is 2. The lowest BCUT2D eigenvalue weighted by atomic mass is 10.1. The normalized spacial score (nSPS) is 13.0. The lowest BCUT2D eigenvalue weighted by molar-refractivity contribution is 0.0913. The Labute approximate surface area is 179 Å². The van der Waals surface area contributed by atoms with Crippen LogP contribution in [0.5, 0.6) is 0 Å². The molecule has 0 bridgehead atoms. The van der Waals surface area contributed by atoms with Gasteiger partial charge in [0, 0.05) is 17.9 Å². The maximum Gasteiger partial charge on any atom is 0.410 e. The molecule has 30 heavy (non-hydrogen) atoms. The van der Waals surface area contributed by atoms with Gasteiger partial charge in [0.1, 0.15) is 6.61 Å². The number of thioether (sulfide) groups is 1. The van der Waals surface area contributed by atoms with Crippen molar-refractivity contribution >= 4 is 17.9 Å². The Hall–Kier alpha value is -3.06. The summed E-state index contributed by atoms with van der Waals surface area (Å²) in [5.74, 6) is 0. The fourth-order valence-corrected chi connectivity index (χ4v) is 3.87. The van der Waals surface area contributed by atoms with E-state index in [0.29, 0.717) is 25.1 Å². The predicted molar refractivity (Wildman–Crippen MR) is 117 cm³/mol. The van der Waals surface area contributed by atoms with Crippen LogP contribution in [0.4, 0.5) is 4.79 Å². The van der Waals surface area contributed by atoms with Crippen molar-refractivity contribution in [1.82, 2.24) is 14.5 Å². The molecule has 0 N–H and O–H groups in total. The molecular weight excluding hydrogens is 398 g/mol. The maximum atomic E-state index is 13.0. The molecule has 0 unspecified atom stereocenters. The molecule has 1 amide bonds. The number of nitrogens with zero attached hydrogens (tertiary/aromatic N) is 3. The number of fused-ring (bicyclic) bond motifs is 1. The van der Waals surface area contributed by atoms with Gasteiger partial charge in [-0.05, 0) is 29.5 Å². The first-order chi connectivity index (χ1) is 14.6. The van der Waals surface area contributed by atoms with E-state index in [0.717, 1.165) is 21.7 Å². The van der Waals surface area contributed by atoms with Crippen LogP contribution in [0.2, 0.25) is 0 Å². The van der Waals surface area contributed by atoms with Gasteiger partial charge in [-0.3, -0.25) is 9.36 Å². The molecule has 2 heterocycles. The molecule has 4 rings (SSSR count). The van der Waals surface area contributed by atoms with E-state index in [-0.39, 0.29) is 18.7 Å². The molecular formula is C23H23N3O3S. The molecule has 0 spiro atoms. The summed E-state index contributed by atoms with van der Waals surface area (Å²) >= 11 is 1.67. The third kappa shape index (κ3) is 4.57. The van der Waals surface area contributed by atoms with Gasteiger partial charge in [0.05, 0.1) is 30.7 Å². The average Bonchev–Trinajstić information content (AvgIpc) is 2.80. The van der Waals surface area contributed by atoms with Crippen molar-refractivity contribution in [2.24, 2.45) is 0 Å². The van der Waals surface area contributed by atoms with Gasteiger partial charge in [-0.15, -0.1) is 11.8 Å². The van der Waals surface area contributed by atoms with Crippen molar-refractivity contribution in [3.05, 3.63) is 93.7 Å². The molecule has 0 atom stereocenters. The second-order valence-corrected chi connectivity index (χ2v) is 8.04. The zero-order valence-corrected chi connectivity index (χ0v) is 17.6. The summed E-state index contributed by atoms with van der Waals surface area (Å²) in [7, 11) is 0. The lowest BCUT2D eigenvalue weighted by Crippen LogP contribution is -2.41. The summed E-state index contributed by atoms with van der Waals surface area (Å²) in [6.45, 7) is 1.38. The summed E-state index contributed by atoms with van der Waals surface area (Å²) in [5.41, 5.74) is 3.20. The molecule has 0 radical (unpaired) electrons. The molecule has 7 heteroatoms. The molecule has 3 aromatic rings. The van der Waals surface area contributed by atoms with Crippen LogP contribution in [0.15, 0.2) is 70.6 Å². The van der Waals surface area contributed by atoms with Crippen molar-refractivity contribution in [2.45, 2.75) is 31.0 Å². The zero-order valence-electron chi connectivity index (χ0n) is 16.8. The quantitative estimate of drug-likeness (QED) is 0.588. The van der Waals surface area contributed by atoms with Gasteiger partial charge in [0.15, 0.2) is 0 Å². The fraction of sp³-hybridized carbons (Fsp3) is 0.261. The van der Waals surface area contributed by atoms with Crippen LogP contribution in [0.25, 0.3) is 0 Å². The molecule has 1 aliphatic heterocycles. The summed E-state index contributed by atoms with van der Waals surface area (Å²) in [4.78, 5) is 32.7. The maximum absolute atomic E-state index is 13.0. The standard InChI is InChI=1S/C23H23N3O3S/c1-30-19-9-7-18(8-10-19)15-29-23(28)25-12-11-21-20(14-25)22(27)26(16-24-21)13-17-5-3-2-4-6-17/h2-10,16H,11-15H2,1H3. The number of hydrogen-bond donors (Lipinski definition) is 0. The second-order valence-electron chi connectivity index (χ2n) is 7.16. The van der Waals surface area contributed by atoms with Crippen LogP contribution in [0.1, 0.15) is 22.4 Å². The minimum Gasteiger partial charge on any atom is -0.445 e. The number of amides is 1. The highest BCUT2D eigenvalue weighted by molar-refractivity contribution is 7.98. The number of hydrogen-bond acceptors (Lipinski definition) is 5. The Kier molecular flexibility index (Phi) is 6.18. The predicted octanol–water partition coefficient (Wildman–Crippen LogP) is 3.71. The SMILES string of the molecule is CSc1ccc(COC(=O)N2CCc3ncn(Cc4ccccc4)c(=O)c3C2)cc1. The van der Waals surface area contributed by atoms with E-state index >= 15 is 0 Å². The summed E-state index contributed by atoms with van der Waals surface area (Å²) < 4.78 is 7.07. The van der Waals surface area contributed by atoms with Crippen LogP contribution >= 0.6 is 11.8 Å². The fourth-order valence-electron chi connectivity index (χ4n) is 3.46. The first-order valence-electron chi connectivity index (χ1n) is 9.80. The molecule has 154 valence electrons. The van der Waals surface area contributed by atoms with Crippen molar-refractivity contribution in [3.8, 4) is 0 Å². The Morgan fingerprint density at radius 2 is 1.87 bits per heavy atom. The number of rotatable bonds is 5. The molecule has 1 aromatic heterocycles. The topological polar surface area (TPSA) is 64.4 Å². The number of ether oxygens (including phenoxy) is 1. The monoisotopic (exact) mass is 421 g/mol. The number of carbonyl (C=O) groups excluding carboxylic acids is 1. The minimum atomic E-state index is -0.410. The van der Waals surface area contributed by atoms with Crippen LogP contribution in [-0.4, -0.2) is 33.3 Å². The van der Waals surface area contributed by atoms with Gasteiger partial charge < -0.3 is 9.64 Å². The summed E-state index contributed by atoms with van der Waals surface area (Å²) in [6.07, 6.45) is 3.76. The van der Waals surface area contributed by atoms with Crippen LogP contribution < -0.4 is 5.56 Å². The van der Waals surface area contributed by atoms with Gasteiger partial charge in [-0.25, -0.2) is 9.78 Å². The molecule has 6 nitrogen and oxygen atoms in total. The van der Waals surface area contributed by atoms with Gasteiger partial charge in [-0.2, -0.15) is 0 Å². The van der Waals surface area contributed by atoms with Crippen molar-refractivity contribution < 1.29 is 9.53 Å². The highest BCUT2D eigenvalue weighted by Crippen LogP contribution is 2.17. The molecule has 1 aliphatic rings. The first-order valence-corrected chi connectivity index (χ1v) is 11.0. The van der Waals surface area contributed by atoms with Gasteiger partial charge in [-0.1, -0.05) is 42.5 Å². The largest absolute Gasteiger partial charge is 0.445 e. The summed E-state index contributed by atoms with van der Waals surface area (Å²) in [5, 5.41) is 0. The van der Waals surface area contributed by atoms with Gasteiger partial charge >= 0.3 is 6.09 Å². The number of carbonyl (C=O) groups is 1. The Bertz CT molecular complexity index is 1080. The molecule has 0 saturated heterocycles. The van der Waals surface area contributed by atoms with E-state index in [1.165, 1.54) is 0 Å². The van der Waals surface area contributed by atoms with Gasteiger partial charge in [0.2, 0.25) is 0 Å². The lowest BCUT2D eigenvalue weighted by Gasteiger charge is -2.27. The molecule has 0 saturated carbocycles. The Morgan fingerprint density at radius 1 is 1.10 bits per heavy atom. The number of aromatic nitrogens is 2. The first kappa shape index (κ1) is 20.2. The minimum absolute atomic E-state index is 0.103. The Balaban J connectivity index is 1.43. The van der Waals surface area contributed by atoms with Crippen molar-refractivity contribution in [1.29, 1.82) is 0 Å². The van der Waals surface area contributed by atoms with E-state index in [1.54, 1.807) is 27.6 Å². The highest BCUT2D eigenvalue weighted by atomic mass is 32.2. The van der Waals surface area contributed by atoms with Crippen molar-refractivity contribution in [2.75, 3.05) is 12.8 Å². The van der Waals surface area contributed by atoms with Gasteiger partial charge in [0.25, 0.3) is 5.56 Å². The van der Waals surface area contributed by atoms with E-state index in [4.69, 9.17) is 4.74 Å². The molecule has 0 fully saturated rings. The van der Waals surface area contributed by atoms with E-state index in [9.17, 15) is 9.59 Å². The highest BCUT2D eigenvalue weighted by Gasteiger charge is 2.25. The van der Waals surface area contributed by atoms with Crippen LogP contribution in [0.3, 0.4) is 0 Å². The third-order valence-corrected chi connectivity index (χ3v) is 5.91. The van der Waals surface area contributed by atoms with Crippen LogP contribution in [0, 0.1) is 0 Å². The smallest absolute Gasteiger partial charge is 0.410 e. The molecule has 0 aliphatic carbocycles. The van der Waals surface area contributed by atoms with E-state index in [1.807, 2.05) is 60.9 Å².